The highest BCUT2D eigenvalue weighted by molar-refractivity contribution is 5.94. The third kappa shape index (κ3) is 6.70. The molecule has 1 aliphatic rings. The number of ketones is 1. The Morgan fingerprint density at radius 1 is 0.950 bits per heavy atom. The molecule has 1 N–H and O–H groups in total. The zero-order valence-electron chi connectivity index (χ0n) is 23.2. The molecule has 1 saturated heterocycles. The van der Waals surface area contributed by atoms with E-state index in [-0.39, 0.29) is 5.78 Å². The lowest BCUT2D eigenvalue weighted by atomic mass is 10.1. The van der Waals surface area contributed by atoms with Crippen LogP contribution in [0.1, 0.15) is 29.8 Å². The van der Waals surface area contributed by atoms with E-state index in [1.54, 1.807) is 32.5 Å². The van der Waals surface area contributed by atoms with Gasteiger partial charge in [-0.3, -0.25) is 14.7 Å². The Labute approximate surface area is 233 Å². The summed E-state index contributed by atoms with van der Waals surface area (Å²) in [6, 6.07) is 14.7. The summed E-state index contributed by atoms with van der Waals surface area (Å²) >= 11 is 0. The van der Waals surface area contributed by atoms with Crippen molar-refractivity contribution in [2.75, 3.05) is 52.4 Å². The number of aryl methyl sites for hydroxylation is 1. The molecular weight excluding hydrogens is 510 g/mol. The van der Waals surface area contributed by atoms with Crippen LogP contribution in [0, 0.1) is 0 Å². The number of fused-ring (bicyclic) bond motifs is 1. The van der Waals surface area contributed by atoms with Gasteiger partial charge in [0.25, 0.3) is 0 Å². The summed E-state index contributed by atoms with van der Waals surface area (Å²) in [6.45, 7) is 4.51. The fourth-order valence-electron chi connectivity index (χ4n) is 4.70. The maximum absolute atomic E-state index is 12.8. The van der Waals surface area contributed by atoms with Crippen molar-refractivity contribution in [3.05, 3.63) is 60.4 Å². The van der Waals surface area contributed by atoms with Gasteiger partial charge in [0.2, 0.25) is 5.95 Å². The molecule has 0 saturated carbocycles. The van der Waals surface area contributed by atoms with Crippen molar-refractivity contribution < 1.29 is 23.7 Å². The summed E-state index contributed by atoms with van der Waals surface area (Å²) in [6.07, 6.45) is 3.89. The lowest BCUT2D eigenvalue weighted by Crippen LogP contribution is -2.36. The number of nitrogens with zero attached hydrogens (tertiary/aromatic N) is 4. The second-order valence-corrected chi connectivity index (χ2v) is 9.68. The predicted molar refractivity (Wildman–Crippen MR) is 153 cm³/mol. The molecule has 0 bridgehead atoms. The Kier molecular flexibility index (Phi) is 8.78. The van der Waals surface area contributed by atoms with E-state index in [0.29, 0.717) is 41.1 Å². The van der Waals surface area contributed by atoms with Crippen LogP contribution in [0.4, 0.5) is 11.6 Å². The first-order valence-corrected chi connectivity index (χ1v) is 13.5. The number of nitrogens with one attached hydrogen (secondary N) is 1. The van der Waals surface area contributed by atoms with Crippen LogP contribution in [-0.2, 0) is 11.8 Å². The number of rotatable bonds is 12. The summed E-state index contributed by atoms with van der Waals surface area (Å²) in [5.74, 6) is 3.23. The smallest absolute Gasteiger partial charge is 0.208 e. The van der Waals surface area contributed by atoms with Gasteiger partial charge in [0, 0.05) is 68.8 Å². The van der Waals surface area contributed by atoms with E-state index in [1.165, 1.54) is 0 Å². The average Bonchev–Trinajstić information content (AvgIpc) is 3.29. The van der Waals surface area contributed by atoms with Crippen molar-refractivity contribution in [3.8, 4) is 23.0 Å². The molecule has 210 valence electrons. The SMILES string of the molecule is COc1cc(Nc2nc3cc(Oc4ccnc(C(=O)CCCCN5CCOCC5)c4)ccc3n2C)cc(OC)c1. The Bertz CT molecular complexity index is 1440. The number of pyridine rings is 1. The molecule has 40 heavy (non-hydrogen) atoms. The number of ether oxygens (including phenoxy) is 4. The number of benzene rings is 2. The summed E-state index contributed by atoms with van der Waals surface area (Å²) in [4.78, 5) is 24.2. The molecule has 0 aliphatic carbocycles. The fraction of sp³-hybridized carbons (Fsp3) is 0.367. The number of anilines is 2. The van der Waals surface area contributed by atoms with Gasteiger partial charge < -0.3 is 28.8 Å². The van der Waals surface area contributed by atoms with Crippen molar-refractivity contribution in [2.24, 2.45) is 7.05 Å². The topological polar surface area (TPSA) is 100.0 Å². The number of aromatic nitrogens is 3. The Morgan fingerprint density at radius 3 is 2.45 bits per heavy atom. The molecule has 2 aromatic heterocycles. The Balaban J connectivity index is 1.22. The molecule has 3 heterocycles. The molecule has 0 radical (unpaired) electrons. The number of carbonyl (C=O) groups excluding carboxylic acids is 1. The van der Waals surface area contributed by atoms with Crippen LogP contribution in [-0.4, -0.2) is 72.3 Å². The number of morpholine rings is 1. The molecule has 5 rings (SSSR count). The first-order chi connectivity index (χ1) is 19.5. The van der Waals surface area contributed by atoms with Crippen LogP contribution < -0.4 is 19.5 Å². The highest BCUT2D eigenvalue weighted by Crippen LogP contribution is 2.31. The van der Waals surface area contributed by atoms with Crippen molar-refractivity contribution in [2.45, 2.75) is 19.3 Å². The quantitative estimate of drug-likeness (QED) is 0.190. The van der Waals surface area contributed by atoms with Crippen LogP contribution in [0.5, 0.6) is 23.0 Å². The van der Waals surface area contributed by atoms with Gasteiger partial charge in [-0.2, -0.15) is 0 Å². The molecular formula is C30H35N5O5. The molecule has 1 aliphatic heterocycles. The molecule has 4 aromatic rings. The Morgan fingerprint density at radius 2 is 1.70 bits per heavy atom. The van der Waals surface area contributed by atoms with Crippen molar-refractivity contribution in [1.29, 1.82) is 0 Å². The van der Waals surface area contributed by atoms with E-state index >= 15 is 0 Å². The maximum atomic E-state index is 12.8. The van der Waals surface area contributed by atoms with Crippen LogP contribution in [0.3, 0.4) is 0 Å². The van der Waals surface area contributed by atoms with Gasteiger partial charge in [0.15, 0.2) is 5.78 Å². The van der Waals surface area contributed by atoms with Crippen LogP contribution in [0.15, 0.2) is 54.7 Å². The highest BCUT2D eigenvalue weighted by atomic mass is 16.5. The van der Waals surface area contributed by atoms with Gasteiger partial charge in [-0.05, 0) is 37.6 Å². The molecule has 0 atom stereocenters. The van der Waals surface area contributed by atoms with E-state index < -0.39 is 0 Å². The van der Waals surface area contributed by atoms with E-state index in [1.807, 2.05) is 48.0 Å². The largest absolute Gasteiger partial charge is 0.497 e. The monoisotopic (exact) mass is 545 g/mol. The van der Waals surface area contributed by atoms with Gasteiger partial charge in [-0.15, -0.1) is 0 Å². The second-order valence-electron chi connectivity index (χ2n) is 9.68. The zero-order valence-corrected chi connectivity index (χ0v) is 23.2. The number of Topliss-reactive ketones (excluding diaryl/α,β-unsaturated/α-hetero) is 1. The number of carbonyl (C=O) groups is 1. The van der Waals surface area contributed by atoms with Gasteiger partial charge in [-0.25, -0.2) is 4.98 Å². The van der Waals surface area contributed by atoms with Crippen LogP contribution in [0.2, 0.25) is 0 Å². The van der Waals surface area contributed by atoms with Crippen LogP contribution in [0.25, 0.3) is 11.0 Å². The summed E-state index contributed by atoms with van der Waals surface area (Å²) in [7, 11) is 5.17. The zero-order chi connectivity index (χ0) is 27.9. The highest BCUT2D eigenvalue weighted by Gasteiger charge is 2.14. The molecule has 0 amide bonds. The molecule has 0 spiro atoms. The second kappa shape index (κ2) is 12.8. The first kappa shape index (κ1) is 27.4. The number of hydrogen-bond acceptors (Lipinski definition) is 9. The summed E-state index contributed by atoms with van der Waals surface area (Å²) in [5, 5.41) is 3.34. The molecule has 0 unspecified atom stereocenters. The predicted octanol–water partition coefficient (Wildman–Crippen LogP) is 5.21. The minimum atomic E-state index is 0.0255. The minimum absolute atomic E-state index is 0.0255. The van der Waals surface area contributed by atoms with E-state index in [2.05, 4.69) is 15.2 Å². The van der Waals surface area contributed by atoms with Gasteiger partial charge in [-0.1, -0.05) is 0 Å². The van der Waals surface area contributed by atoms with Crippen molar-refractivity contribution in [3.63, 3.8) is 0 Å². The van der Waals surface area contributed by atoms with Gasteiger partial charge in [0.1, 0.15) is 28.7 Å². The molecule has 2 aromatic carbocycles. The van der Waals surface area contributed by atoms with E-state index in [9.17, 15) is 4.79 Å². The molecule has 10 nitrogen and oxygen atoms in total. The molecule has 10 heteroatoms. The lowest BCUT2D eigenvalue weighted by Gasteiger charge is -2.26. The number of imidazole rings is 1. The van der Waals surface area contributed by atoms with E-state index in [0.717, 1.165) is 62.4 Å². The third-order valence-electron chi connectivity index (χ3n) is 6.94. The summed E-state index contributed by atoms with van der Waals surface area (Å²) in [5.41, 5.74) is 2.92. The van der Waals surface area contributed by atoms with Crippen molar-refractivity contribution in [1.82, 2.24) is 19.4 Å². The van der Waals surface area contributed by atoms with Crippen molar-refractivity contribution >= 4 is 28.5 Å². The van der Waals surface area contributed by atoms with Gasteiger partial charge >= 0.3 is 0 Å². The average molecular weight is 546 g/mol. The number of unbranched alkanes of at least 4 members (excludes halogenated alkanes) is 1. The summed E-state index contributed by atoms with van der Waals surface area (Å²) < 4.78 is 24.2. The maximum Gasteiger partial charge on any atom is 0.208 e. The number of methoxy groups -OCH3 is 2. The van der Waals surface area contributed by atoms with Gasteiger partial charge in [0.05, 0.1) is 38.5 Å². The first-order valence-electron chi connectivity index (χ1n) is 13.5. The Hall–Kier alpha value is -4.15. The van der Waals surface area contributed by atoms with Crippen LogP contribution >= 0.6 is 0 Å². The standard InChI is InChI=1S/C30H35N5O5/c1-34-28-8-7-22(19-26(28)33-30(34)32-21-16-24(37-2)18-25(17-21)38-3)40-23-9-10-31-27(20-23)29(36)6-4-5-11-35-12-14-39-15-13-35/h7-10,16-20H,4-6,11-15H2,1-3H3,(H,32,33). The normalized spacial score (nSPS) is 13.8. The third-order valence-corrected chi connectivity index (χ3v) is 6.94. The van der Waals surface area contributed by atoms with E-state index in [4.69, 9.17) is 23.9 Å². The molecule has 1 fully saturated rings. The fourth-order valence-corrected chi connectivity index (χ4v) is 4.70. The number of hydrogen-bond donors (Lipinski definition) is 1. The lowest BCUT2D eigenvalue weighted by molar-refractivity contribution is 0.0371. The minimum Gasteiger partial charge on any atom is -0.497 e.